The summed E-state index contributed by atoms with van der Waals surface area (Å²) >= 11 is 0. The molecule has 0 aromatic heterocycles. The number of hydrogen-bond acceptors (Lipinski definition) is 5. The van der Waals surface area contributed by atoms with Crippen LogP contribution >= 0.6 is 0 Å². The number of allylic oxidation sites excluding steroid dienone is 2. The monoisotopic (exact) mass is 309 g/mol. The van der Waals surface area contributed by atoms with Crippen molar-refractivity contribution in [3.63, 3.8) is 0 Å². The van der Waals surface area contributed by atoms with E-state index in [1.165, 1.54) is 0 Å². The smallest absolute Gasteiger partial charge is 0.192 e. The van der Waals surface area contributed by atoms with Crippen LogP contribution in [0, 0.1) is 5.92 Å². The first-order chi connectivity index (χ1) is 11.2. The highest BCUT2D eigenvalue weighted by molar-refractivity contribution is 5.86. The zero-order valence-corrected chi connectivity index (χ0v) is 12.2. The lowest BCUT2D eigenvalue weighted by Crippen LogP contribution is -2.39. The van der Waals surface area contributed by atoms with Crippen molar-refractivity contribution in [1.29, 1.82) is 0 Å². The van der Waals surface area contributed by atoms with E-state index in [1.54, 1.807) is 24.4 Å². The largest absolute Gasteiger partial charge is 0.507 e. The van der Waals surface area contributed by atoms with Gasteiger partial charge in [-0.2, -0.15) is 0 Å². The van der Waals surface area contributed by atoms with Gasteiger partial charge in [-0.25, -0.2) is 0 Å². The molecular weight excluding hydrogens is 294 g/mol. The number of fused-ring (bicyclic) bond motifs is 1. The molecule has 0 saturated carbocycles. The molecule has 23 heavy (non-hydrogen) atoms. The van der Waals surface area contributed by atoms with E-state index in [1.807, 2.05) is 12.1 Å². The Labute approximate surface area is 131 Å². The average molecular weight is 309 g/mol. The summed E-state index contributed by atoms with van der Waals surface area (Å²) in [6, 6.07) is 5.13. The third-order valence-corrected chi connectivity index (χ3v) is 4.57. The van der Waals surface area contributed by atoms with Crippen LogP contribution in [0.15, 0.2) is 58.3 Å². The fourth-order valence-corrected chi connectivity index (χ4v) is 3.53. The van der Waals surface area contributed by atoms with Crippen molar-refractivity contribution < 1.29 is 15.3 Å². The first kappa shape index (κ1) is 14.0. The molecule has 5 nitrogen and oxygen atoms in total. The Balaban J connectivity index is 2.26. The molecule has 0 bridgehead atoms. The molecule has 4 N–H and O–H groups in total. The maximum absolute atomic E-state index is 12.8. The topological polar surface area (TPSA) is 89.8 Å². The summed E-state index contributed by atoms with van der Waals surface area (Å²) in [5.74, 6) is -0.297. The third kappa shape index (κ3) is 1.78. The molecule has 1 aliphatic heterocycles. The number of aliphatic hydroxyl groups is 3. The predicted molar refractivity (Wildman–Crippen MR) is 85.3 cm³/mol. The summed E-state index contributed by atoms with van der Waals surface area (Å²) in [5.41, 5.74) is 2.63. The fraction of sp³-hybridized carbons (Fsp3) is 0.167. The normalized spacial score (nSPS) is 21.0. The maximum Gasteiger partial charge on any atom is 0.192 e. The van der Waals surface area contributed by atoms with Crippen LogP contribution in [0.2, 0.25) is 0 Å². The number of aliphatic hydroxyl groups excluding tert-OH is 3. The van der Waals surface area contributed by atoms with E-state index in [9.17, 15) is 20.1 Å². The molecule has 1 unspecified atom stereocenters. The van der Waals surface area contributed by atoms with E-state index in [2.05, 4.69) is 5.32 Å². The van der Waals surface area contributed by atoms with Gasteiger partial charge in [-0.15, -0.1) is 0 Å². The van der Waals surface area contributed by atoms with Crippen molar-refractivity contribution in [2.24, 2.45) is 5.92 Å². The fourth-order valence-electron chi connectivity index (χ4n) is 3.53. The molecule has 4 rings (SSSR count). The van der Waals surface area contributed by atoms with Gasteiger partial charge in [0.25, 0.3) is 0 Å². The molecule has 3 aliphatic rings. The minimum absolute atomic E-state index is 0.0539. The van der Waals surface area contributed by atoms with Gasteiger partial charge < -0.3 is 20.6 Å². The van der Waals surface area contributed by atoms with Crippen molar-refractivity contribution in [2.45, 2.75) is 6.61 Å². The lowest BCUT2D eigenvalue weighted by Gasteiger charge is -2.28. The molecule has 1 heterocycles. The summed E-state index contributed by atoms with van der Waals surface area (Å²) in [7, 11) is 0. The van der Waals surface area contributed by atoms with Crippen molar-refractivity contribution >= 4 is 11.3 Å². The second kappa shape index (κ2) is 4.94. The summed E-state index contributed by atoms with van der Waals surface area (Å²) in [5, 5.41) is 33.8. The van der Waals surface area contributed by atoms with Crippen molar-refractivity contribution in [3.8, 4) is 0 Å². The van der Waals surface area contributed by atoms with Crippen LogP contribution in [0.1, 0.15) is 5.56 Å². The van der Waals surface area contributed by atoms with Gasteiger partial charge in [-0.1, -0.05) is 18.2 Å². The Bertz CT molecular complexity index is 998. The molecule has 0 radical (unpaired) electrons. The molecule has 0 saturated heterocycles. The highest BCUT2D eigenvalue weighted by atomic mass is 16.3. The first-order valence-electron chi connectivity index (χ1n) is 7.37. The van der Waals surface area contributed by atoms with Gasteiger partial charge in [0.15, 0.2) is 5.43 Å². The molecule has 116 valence electrons. The minimum atomic E-state index is -0.362. The van der Waals surface area contributed by atoms with Crippen molar-refractivity contribution in [2.75, 3.05) is 6.61 Å². The third-order valence-electron chi connectivity index (χ3n) is 4.57. The molecular formula is C18H15NO4. The lowest BCUT2D eigenvalue weighted by molar-refractivity contribution is 0.280. The molecule has 1 aromatic rings. The van der Waals surface area contributed by atoms with E-state index in [4.69, 9.17) is 0 Å². The van der Waals surface area contributed by atoms with Gasteiger partial charge in [0, 0.05) is 39.0 Å². The van der Waals surface area contributed by atoms with Crippen LogP contribution < -0.4 is 21.2 Å². The Morgan fingerprint density at radius 1 is 1.17 bits per heavy atom. The average Bonchev–Trinajstić information content (AvgIpc) is 2.81. The SMILES string of the molecule is O=c1c(CO)cccc2c1=C1C(O)=C(CO)C=C3C=CNC=2C31. The van der Waals surface area contributed by atoms with Gasteiger partial charge >= 0.3 is 0 Å². The maximum atomic E-state index is 12.8. The minimum Gasteiger partial charge on any atom is -0.507 e. The van der Waals surface area contributed by atoms with Crippen molar-refractivity contribution in [3.05, 3.63) is 79.7 Å². The quantitative estimate of drug-likeness (QED) is 0.579. The summed E-state index contributed by atoms with van der Waals surface area (Å²) in [6.45, 7) is -0.670. The number of rotatable bonds is 2. The standard InChI is InChI=1S/C18H15NO4/c20-7-10-2-1-3-12-14(17(10)22)15-13-9(4-5-19-16(12)13)6-11(8-21)18(15)23/h1-6,13,19-21,23H,7-8H2. The van der Waals surface area contributed by atoms with Gasteiger partial charge in [0.2, 0.25) is 0 Å². The Morgan fingerprint density at radius 3 is 2.74 bits per heavy atom. The molecule has 5 heteroatoms. The Kier molecular flexibility index (Phi) is 3.01. The van der Waals surface area contributed by atoms with E-state index in [-0.39, 0.29) is 35.9 Å². The van der Waals surface area contributed by atoms with Crippen LogP contribution in [-0.4, -0.2) is 21.9 Å². The summed E-state index contributed by atoms with van der Waals surface area (Å²) in [4.78, 5) is 12.8. The highest BCUT2D eigenvalue weighted by Crippen LogP contribution is 2.40. The first-order valence-corrected chi connectivity index (χ1v) is 7.37. The van der Waals surface area contributed by atoms with E-state index in [0.717, 1.165) is 16.5 Å². The van der Waals surface area contributed by atoms with E-state index < -0.39 is 0 Å². The number of hydrogen-bond donors (Lipinski definition) is 4. The Morgan fingerprint density at radius 2 is 2.00 bits per heavy atom. The number of nitrogens with one attached hydrogen (secondary N) is 1. The van der Waals surface area contributed by atoms with Gasteiger partial charge in [0.1, 0.15) is 5.76 Å². The van der Waals surface area contributed by atoms with Gasteiger partial charge in [0.05, 0.1) is 19.1 Å². The zero-order chi connectivity index (χ0) is 16.1. The Hall–Kier alpha value is -2.63. The van der Waals surface area contributed by atoms with Crippen LogP contribution in [0.5, 0.6) is 0 Å². The molecule has 1 atom stereocenters. The zero-order valence-electron chi connectivity index (χ0n) is 12.2. The van der Waals surface area contributed by atoms with Crippen LogP contribution in [-0.2, 0) is 6.61 Å². The summed E-state index contributed by atoms with van der Waals surface area (Å²) in [6.07, 6.45) is 5.41. The molecule has 2 aliphatic carbocycles. The second-order valence-electron chi connectivity index (χ2n) is 5.74. The van der Waals surface area contributed by atoms with E-state index >= 15 is 0 Å². The molecule has 1 aromatic carbocycles. The van der Waals surface area contributed by atoms with Crippen LogP contribution in [0.3, 0.4) is 0 Å². The molecule has 0 spiro atoms. The second-order valence-corrected chi connectivity index (χ2v) is 5.74. The predicted octanol–water partition coefficient (Wildman–Crippen LogP) is -0.711. The van der Waals surface area contributed by atoms with Gasteiger partial charge in [-0.3, -0.25) is 4.79 Å². The molecule has 0 fully saturated rings. The lowest BCUT2D eigenvalue weighted by atomic mass is 9.81. The molecule has 0 amide bonds. The van der Waals surface area contributed by atoms with Gasteiger partial charge in [-0.05, 0) is 17.7 Å². The van der Waals surface area contributed by atoms with E-state index in [0.29, 0.717) is 16.4 Å². The van der Waals surface area contributed by atoms with Crippen LogP contribution in [0.4, 0.5) is 0 Å². The van der Waals surface area contributed by atoms with Crippen molar-refractivity contribution in [1.82, 2.24) is 5.32 Å². The highest BCUT2D eigenvalue weighted by Gasteiger charge is 2.36. The van der Waals surface area contributed by atoms with Crippen LogP contribution in [0.25, 0.3) is 11.3 Å². The summed E-state index contributed by atoms with van der Waals surface area (Å²) < 4.78 is 0.